The molecule has 0 atom stereocenters. The lowest BCUT2D eigenvalue weighted by molar-refractivity contribution is -0.131. The number of hydrogen-bond acceptors (Lipinski definition) is 2. The number of carbonyl (C=O) groups excluding carboxylic acids is 1. The highest BCUT2D eigenvalue weighted by Gasteiger charge is 2.16. The van der Waals surface area contributed by atoms with Crippen LogP contribution in [0.3, 0.4) is 0 Å². The van der Waals surface area contributed by atoms with Crippen LogP contribution < -0.4 is 5.32 Å². The fraction of sp³-hybridized carbons (Fsp3) is 0.375. The van der Waals surface area contributed by atoms with Gasteiger partial charge in [-0.1, -0.05) is 24.3 Å². The molecular weight excluding hydrogens is 268 g/mol. The van der Waals surface area contributed by atoms with Crippen molar-refractivity contribution in [3.8, 4) is 0 Å². The van der Waals surface area contributed by atoms with E-state index in [2.05, 4.69) is 5.32 Å². The monoisotopic (exact) mass is 290 g/mol. The number of amides is 2. The molecule has 1 aromatic carbocycles. The van der Waals surface area contributed by atoms with E-state index < -0.39 is 5.97 Å². The second-order valence-corrected chi connectivity index (χ2v) is 5.95. The maximum atomic E-state index is 11.9. The summed E-state index contributed by atoms with van der Waals surface area (Å²) in [6, 6.07) is 7.27. The molecule has 0 radical (unpaired) electrons. The third-order valence-electron chi connectivity index (χ3n) is 2.65. The van der Waals surface area contributed by atoms with E-state index in [0.29, 0.717) is 6.54 Å². The van der Waals surface area contributed by atoms with Gasteiger partial charge in [-0.2, -0.15) is 0 Å². The van der Waals surface area contributed by atoms with E-state index in [0.717, 1.165) is 17.2 Å². The number of urea groups is 1. The van der Waals surface area contributed by atoms with E-state index in [1.807, 2.05) is 45.0 Å². The molecule has 21 heavy (non-hydrogen) atoms. The van der Waals surface area contributed by atoms with Crippen molar-refractivity contribution in [3.05, 3.63) is 41.5 Å². The topological polar surface area (TPSA) is 69.6 Å². The molecule has 0 aliphatic heterocycles. The van der Waals surface area contributed by atoms with Gasteiger partial charge in [0.05, 0.1) is 0 Å². The number of hydrogen-bond donors (Lipinski definition) is 2. The summed E-state index contributed by atoms with van der Waals surface area (Å²) in [5.74, 6) is -0.974. The number of aliphatic carboxylic acids is 1. The van der Waals surface area contributed by atoms with Gasteiger partial charge in [-0.05, 0) is 38.0 Å². The number of nitrogens with one attached hydrogen (secondary N) is 1. The van der Waals surface area contributed by atoms with Crippen molar-refractivity contribution in [1.82, 2.24) is 10.2 Å². The van der Waals surface area contributed by atoms with Crippen molar-refractivity contribution in [1.29, 1.82) is 0 Å². The van der Waals surface area contributed by atoms with Crippen molar-refractivity contribution in [2.75, 3.05) is 7.05 Å². The zero-order valence-corrected chi connectivity index (χ0v) is 12.9. The third kappa shape index (κ3) is 6.61. The lowest BCUT2D eigenvalue weighted by Crippen LogP contribution is -2.46. The van der Waals surface area contributed by atoms with Crippen molar-refractivity contribution in [2.24, 2.45) is 0 Å². The number of carboxylic acid groups (broad SMARTS) is 1. The Morgan fingerprint density at radius 2 is 1.81 bits per heavy atom. The first-order chi connectivity index (χ1) is 9.67. The van der Waals surface area contributed by atoms with Gasteiger partial charge in [0.2, 0.25) is 0 Å². The Morgan fingerprint density at radius 3 is 2.29 bits per heavy atom. The molecule has 114 valence electrons. The Bertz CT molecular complexity index is 527. The molecule has 1 rings (SSSR count). The van der Waals surface area contributed by atoms with Gasteiger partial charge in [-0.3, -0.25) is 0 Å². The summed E-state index contributed by atoms with van der Waals surface area (Å²) in [4.78, 5) is 24.0. The quantitative estimate of drug-likeness (QED) is 0.838. The highest BCUT2D eigenvalue weighted by molar-refractivity contribution is 5.85. The van der Waals surface area contributed by atoms with Crippen LogP contribution in [0.15, 0.2) is 30.3 Å². The van der Waals surface area contributed by atoms with Crippen LogP contribution in [0, 0.1) is 0 Å². The van der Waals surface area contributed by atoms with Crippen LogP contribution in [0.5, 0.6) is 0 Å². The standard InChI is InChI=1S/C16H22N2O3/c1-16(2,3)17-15(21)18(4)11-13-7-5-12(6-8-13)9-10-14(19)20/h5-10H,11H2,1-4H3,(H,17,21)(H,19,20). The van der Waals surface area contributed by atoms with Crippen LogP contribution in [0.25, 0.3) is 6.08 Å². The number of rotatable bonds is 4. The second-order valence-electron chi connectivity index (χ2n) is 5.95. The largest absolute Gasteiger partial charge is 0.478 e. The van der Waals surface area contributed by atoms with Crippen LogP contribution in [0.1, 0.15) is 31.9 Å². The Balaban J connectivity index is 2.63. The highest BCUT2D eigenvalue weighted by atomic mass is 16.4. The molecule has 2 amide bonds. The molecular formula is C16H22N2O3. The summed E-state index contributed by atoms with van der Waals surface area (Å²) in [6.45, 7) is 6.29. The van der Waals surface area contributed by atoms with Crippen LogP contribution in [-0.2, 0) is 11.3 Å². The van der Waals surface area contributed by atoms with E-state index in [-0.39, 0.29) is 11.6 Å². The minimum Gasteiger partial charge on any atom is -0.478 e. The van der Waals surface area contributed by atoms with E-state index in [1.54, 1.807) is 11.9 Å². The lowest BCUT2D eigenvalue weighted by atomic mass is 10.1. The zero-order valence-electron chi connectivity index (χ0n) is 12.9. The molecule has 0 aliphatic rings. The SMILES string of the molecule is CN(Cc1ccc(C=CC(=O)O)cc1)C(=O)NC(C)(C)C. The summed E-state index contributed by atoms with van der Waals surface area (Å²) in [7, 11) is 1.74. The molecule has 0 spiro atoms. The Labute approximate surface area is 125 Å². The summed E-state index contributed by atoms with van der Waals surface area (Å²) in [6.07, 6.45) is 2.63. The van der Waals surface area contributed by atoms with E-state index >= 15 is 0 Å². The first kappa shape index (κ1) is 16.8. The zero-order chi connectivity index (χ0) is 16.0. The lowest BCUT2D eigenvalue weighted by Gasteiger charge is -2.25. The molecule has 0 aromatic heterocycles. The van der Waals surface area contributed by atoms with E-state index in [9.17, 15) is 9.59 Å². The van der Waals surface area contributed by atoms with E-state index in [1.165, 1.54) is 6.08 Å². The fourth-order valence-corrected chi connectivity index (χ4v) is 1.66. The maximum Gasteiger partial charge on any atom is 0.328 e. The molecule has 0 saturated carbocycles. The molecule has 5 nitrogen and oxygen atoms in total. The molecule has 0 bridgehead atoms. The fourth-order valence-electron chi connectivity index (χ4n) is 1.66. The third-order valence-corrected chi connectivity index (χ3v) is 2.65. The van der Waals surface area contributed by atoms with Crippen molar-refractivity contribution in [2.45, 2.75) is 32.9 Å². The van der Waals surface area contributed by atoms with Crippen molar-refractivity contribution >= 4 is 18.1 Å². The minimum atomic E-state index is -0.974. The predicted molar refractivity (Wildman–Crippen MR) is 82.9 cm³/mol. The average Bonchev–Trinajstić information content (AvgIpc) is 2.35. The molecule has 0 heterocycles. The summed E-state index contributed by atoms with van der Waals surface area (Å²) >= 11 is 0. The van der Waals surface area contributed by atoms with Gasteiger partial charge in [0.1, 0.15) is 0 Å². The number of nitrogens with zero attached hydrogens (tertiary/aromatic N) is 1. The second kappa shape index (κ2) is 6.92. The number of benzene rings is 1. The van der Waals surface area contributed by atoms with Gasteiger partial charge in [-0.15, -0.1) is 0 Å². The molecule has 5 heteroatoms. The minimum absolute atomic E-state index is 0.127. The summed E-state index contributed by atoms with van der Waals surface area (Å²) in [5.41, 5.74) is 1.52. The number of carbonyl (C=O) groups is 2. The average molecular weight is 290 g/mol. The van der Waals surface area contributed by atoms with Crippen LogP contribution in [-0.4, -0.2) is 34.6 Å². The van der Waals surface area contributed by atoms with Gasteiger partial charge >= 0.3 is 12.0 Å². The van der Waals surface area contributed by atoms with Gasteiger partial charge in [0.15, 0.2) is 0 Å². The van der Waals surface area contributed by atoms with Gasteiger partial charge < -0.3 is 15.3 Å². The highest BCUT2D eigenvalue weighted by Crippen LogP contribution is 2.09. The van der Waals surface area contributed by atoms with E-state index in [4.69, 9.17) is 5.11 Å². The summed E-state index contributed by atoms with van der Waals surface area (Å²) < 4.78 is 0. The number of carboxylic acids is 1. The molecule has 0 fully saturated rings. The first-order valence-electron chi connectivity index (χ1n) is 6.70. The first-order valence-corrected chi connectivity index (χ1v) is 6.70. The Hall–Kier alpha value is -2.30. The van der Waals surface area contributed by atoms with Gasteiger partial charge in [0.25, 0.3) is 0 Å². The van der Waals surface area contributed by atoms with Gasteiger partial charge in [0, 0.05) is 25.2 Å². The molecule has 0 unspecified atom stereocenters. The maximum absolute atomic E-state index is 11.9. The summed E-state index contributed by atoms with van der Waals surface area (Å²) in [5, 5.41) is 11.5. The Kier molecular flexibility index (Phi) is 5.52. The van der Waals surface area contributed by atoms with Crippen LogP contribution in [0.2, 0.25) is 0 Å². The van der Waals surface area contributed by atoms with Gasteiger partial charge in [-0.25, -0.2) is 9.59 Å². The molecule has 2 N–H and O–H groups in total. The molecule has 0 aliphatic carbocycles. The van der Waals surface area contributed by atoms with Crippen molar-refractivity contribution < 1.29 is 14.7 Å². The Morgan fingerprint density at radius 1 is 1.24 bits per heavy atom. The van der Waals surface area contributed by atoms with Crippen LogP contribution in [0.4, 0.5) is 4.79 Å². The van der Waals surface area contributed by atoms with Crippen molar-refractivity contribution in [3.63, 3.8) is 0 Å². The molecule has 1 aromatic rings. The van der Waals surface area contributed by atoms with Crippen LogP contribution >= 0.6 is 0 Å². The smallest absolute Gasteiger partial charge is 0.328 e. The normalized spacial score (nSPS) is 11.4. The molecule has 0 saturated heterocycles. The predicted octanol–water partition coefficient (Wildman–Crippen LogP) is 2.72.